The molecule has 2 N–H and O–H groups in total. The molecule has 0 spiro atoms. The molecule has 4 aromatic rings. The van der Waals surface area contributed by atoms with E-state index in [9.17, 15) is 14.7 Å². The number of amides is 1. The maximum atomic E-state index is 12.5. The van der Waals surface area contributed by atoms with Gasteiger partial charge in [0, 0.05) is 12.0 Å². The Kier molecular flexibility index (Phi) is 6.67. The lowest BCUT2D eigenvalue weighted by atomic mass is 9.93. The maximum Gasteiger partial charge on any atom is 0.411 e. The average molecular weight is 508 g/mol. The monoisotopic (exact) mass is 507 g/mol. The van der Waals surface area contributed by atoms with Gasteiger partial charge in [-0.15, -0.1) is 0 Å². The number of aryl methyl sites for hydroxylation is 1. The van der Waals surface area contributed by atoms with Crippen molar-refractivity contribution < 1.29 is 24.0 Å². The Bertz CT molecular complexity index is 1530. The summed E-state index contributed by atoms with van der Waals surface area (Å²) in [6, 6.07) is 24.6. The van der Waals surface area contributed by atoms with Crippen molar-refractivity contribution in [1.82, 2.24) is 5.16 Å². The molecule has 38 heavy (non-hydrogen) atoms. The molecular formula is C30H25N3O5. The van der Waals surface area contributed by atoms with Crippen LogP contribution in [0.4, 0.5) is 10.5 Å². The highest BCUT2D eigenvalue weighted by molar-refractivity contribution is 5.91. The third-order valence-corrected chi connectivity index (χ3v) is 6.86. The second-order valence-corrected chi connectivity index (χ2v) is 9.33. The molecule has 5 rings (SSSR count). The minimum absolute atomic E-state index is 0.154. The summed E-state index contributed by atoms with van der Waals surface area (Å²) in [5.74, 6) is -0.318. The second kappa shape index (κ2) is 10.2. The largest absolute Gasteiger partial charge is 0.481 e. The highest BCUT2D eigenvalue weighted by Crippen LogP contribution is 2.48. The molecule has 1 aromatic heterocycles. The number of nitrogens with one attached hydrogen (secondary N) is 1. The number of hydrogen-bond acceptors (Lipinski definition) is 6. The van der Waals surface area contributed by atoms with Crippen molar-refractivity contribution in [2.24, 2.45) is 0 Å². The van der Waals surface area contributed by atoms with Crippen molar-refractivity contribution in [3.63, 3.8) is 0 Å². The summed E-state index contributed by atoms with van der Waals surface area (Å²) < 4.78 is 10.7. The normalized spacial score (nSPS) is 13.4. The number of ether oxygens (including phenoxy) is 1. The van der Waals surface area contributed by atoms with E-state index < -0.39 is 17.5 Å². The molecule has 0 saturated heterocycles. The van der Waals surface area contributed by atoms with Gasteiger partial charge in [0.25, 0.3) is 0 Å². The van der Waals surface area contributed by atoms with Gasteiger partial charge in [0.15, 0.2) is 5.76 Å². The minimum Gasteiger partial charge on any atom is -0.481 e. The number of carboxylic acid groups (broad SMARTS) is 1. The van der Waals surface area contributed by atoms with Crippen LogP contribution in [0.2, 0.25) is 0 Å². The molecule has 0 radical (unpaired) electrons. The first kappa shape index (κ1) is 24.8. The first-order valence-electron chi connectivity index (χ1n) is 12.2. The molecule has 8 heteroatoms. The van der Waals surface area contributed by atoms with Crippen molar-refractivity contribution >= 4 is 17.7 Å². The summed E-state index contributed by atoms with van der Waals surface area (Å²) in [5, 5.41) is 25.4. The zero-order valence-corrected chi connectivity index (χ0v) is 20.7. The lowest BCUT2D eigenvalue weighted by molar-refractivity contribution is -0.140. The van der Waals surface area contributed by atoms with Crippen molar-refractivity contribution in [3.05, 3.63) is 95.2 Å². The third kappa shape index (κ3) is 5.00. The number of benzene rings is 3. The van der Waals surface area contributed by atoms with Gasteiger partial charge < -0.3 is 14.4 Å². The first-order valence-corrected chi connectivity index (χ1v) is 12.2. The van der Waals surface area contributed by atoms with Crippen LogP contribution >= 0.6 is 0 Å². The van der Waals surface area contributed by atoms with Crippen LogP contribution in [0, 0.1) is 18.3 Å². The molecular weight excluding hydrogens is 482 g/mol. The zero-order chi connectivity index (χ0) is 26.7. The van der Waals surface area contributed by atoms with Crippen LogP contribution in [0.1, 0.15) is 35.3 Å². The highest BCUT2D eigenvalue weighted by atomic mass is 16.5. The molecule has 1 amide bonds. The van der Waals surface area contributed by atoms with Crippen molar-refractivity contribution in [2.45, 2.75) is 31.6 Å². The van der Waals surface area contributed by atoms with Gasteiger partial charge in [-0.25, -0.2) is 4.79 Å². The van der Waals surface area contributed by atoms with Crippen LogP contribution in [-0.2, 0) is 21.4 Å². The summed E-state index contributed by atoms with van der Waals surface area (Å²) in [4.78, 5) is 24.0. The van der Waals surface area contributed by atoms with E-state index in [4.69, 9.17) is 14.5 Å². The number of carbonyl (C=O) groups is 2. The molecule has 8 nitrogen and oxygen atoms in total. The number of anilines is 1. The molecule has 1 aliphatic carbocycles. The van der Waals surface area contributed by atoms with Gasteiger partial charge in [0.05, 0.1) is 23.7 Å². The Morgan fingerprint density at radius 1 is 1.05 bits per heavy atom. The van der Waals surface area contributed by atoms with E-state index in [1.54, 1.807) is 25.1 Å². The molecule has 0 unspecified atom stereocenters. The number of carbonyl (C=O) groups excluding carboxylic acids is 1. The van der Waals surface area contributed by atoms with Gasteiger partial charge in [-0.1, -0.05) is 65.8 Å². The summed E-state index contributed by atoms with van der Waals surface area (Å²) in [7, 11) is 0. The van der Waals surface area contributed by atoms with E-state index >= 15 is 0 Å². The van der Waals surface area contributed by atoms with Gasteiger partial charge in [-0.2, -0.15) is 5.26 Å². The molecule has 0 aliphatic heterocycles. The van der Waals surface area contributed by atoms with Crippen molar-refractivity contribution in [3.8, 4) is 28.5 Å². The Labute approximate surface area is 219 Å². The Hall–Kier alpha value is -4.90. The third-order valence-electron chi connectivity index (χ3n) is 6.86. The topological polar surface area (TPSA) is 125 Å². The smallest absolute Gasteiger partial charge is 0.411 e. The predicted molar refractivity (Wildman–Crippen MR) is 140 cm³/mol. The summed E-state index contributed by atoms with van der Waals surface area (Å²) in [6.07, 6.45) is 1.21. The summed E-state index contributed by atoms with van der Waals surface area (Å²) in [6.45, 7) is 1.86. The fraction of sp³-hybridized carbons (Fsp3) is 0.200. The van der Waals surface area contributed by atoms with Crippen molar-refractivity contribution in [2.75, 3.05) is 11.9 Å². The number of nitriles is 1. The minimum atomic E-state index is -0.767. The Morgan fingerprint density at radius 2 is 1.71 bits per heavy atom. The van der Waals surface area contributed by atoms with Gasteiger partial charge in [-0.05, 0) is 54.2 Å². The van der Waals surface area contributed by atoms with E-state index in [0.29, 0.717) is 42.0 Å². The maximum absolute atomic E-state index is 12.5. The van der Waals surface area contributed by atoms with E-state index in [1.165, 1.54) is 0 Å². The molecule has 1 heterocycles. The van der Waals surface area contributed by atoms with Crippen LogP contribution in [-0.4, -0.2) is 28.9 Å². The van der Waals surface area contributed by atoms with Crippen LogP contribution in [0.3, 0.4) is 0 Å². The molecule has 0 atom stereocenters. The lowest BCUT2D eigenvalue weighted by Crippen LogP contribution is -2.19. The number of nitrogens with zero attached hydrogens (tertiary/aromatic N) is 2. The van der Waals surface area contributed by atoms with E-state index in [0.717, 1.165) is 27.8 Å². The van der Waals surface area contributed by atoms with Gasteiger partial charge in [0.2, 0.25) is 0 Å². The number of hydrogen-bond donors (Lipinski definition) is 2. The lowest BCUT2D eigenvalue weighted by Gasteiger charge is -2.11. The fourth-order valence-electron chi connectivity index (χ4n) is 4.47. The Balaban J connectivity index is 1.24. The second-order valence-electron chi connectivity index (χ2n) is 9.33. The van der Waals surface area contributed by atoms with Crippen molar-refractivity contribution in [1.29, 1.82) is 5.26 Å². The standard InChI is InChI=1S/C30H25N3O5/c1-19-26(32-29(36)37-16-13-20-3-2-4-21(17-20)18-31)27(33-38-19)24-7-5-22(6-8-24)23-9-11-25(12-10-23)30(14-15-30)28(34)35/h2-12,17H,13-16H2,1H3,(H,32,36)(H,34,35). The van der Waals surface area contributed by atoms with E-state index in [1.807, 2.05) is 54.6 Å². The van der Waals surface area contributed by atoms with E-state index in [-0.39, 0.29) is 6.61 Å². The average Bonchev–Trinajstić information content (AvgIpc) is 3.68. The zero-order valence-electron chi connectivity index (χ0n) is 20.7. The molecule has 1 fully saturated rings. The highest BCUT2D eigenvalue weighted by Gasteiger charge is 2.51. The van der Waals surface area contributed by atoms with Crippen LogP contribution < -0.4 is 5.32 Å². The molecule has 0 bridgehead atoms. The van der Waals surface area contributed by atoms with Crippen LogP contribution in [0.15, 0.2) is 77.3 Å². The molecule has 1 saturated carbocycles. The predicted octanol–water partition coefficient (Wildman–Crippen LogP) is 6.10. The molecule has 3 aromatic carbocycles. The molecule has 190 valence electrons. The van der Waals surface area contributed by atoms with Crippen LogP contribution in [0.5, 0.6) is 0 Å². The summed E-state index contributed by atoms with van der Waals surface area (Å²) in [5.41, 5.74) is 5.19. The number of aromatic nitrogens is 1. The first-order chi connectivity index (χ1) is 18.4. The van der Waals surface area contributed by atoms with Crippen LogP contribution in [0.25, 0.3) is 22.4 Å². The summed E-state index contributed by atoms with van der Waals surface area (Å²) >= 11 is 0. The van der Waals surface area contributed by atoms with Gasteiger partial charge in [-0.3, -0.25) is 10.1 Å². The number of carboxylic acids is 1. The van der Waals surface area contributed by atoms with Gasteiger partial charge >= 0.3 is 12.1 Å². The van der Waals surface area contributed by atoms with Gasteiger partial charge in [0.1, 0.15) is 11.4 Å². The Morgan fingerprint density at radius 3 is 2.34 bits per heavy atom. The quantitative estimate of drug-likeness (QED) is 0.295. The SMILES string of the molecule is Cc1onc(-c2ccc(-c3ccc(C4(C(=O)O)CC4)cc3)cc2)c1NC(=O)OCCc1cccc(C#N)c1. The number of aliphatic carboxylic acids is 1. The van der Waals surface area contributed by atoms with E-state index in [2.05, 4.69) is 16.5 Å². The fourth-order valence-corrected chi connectivity index (χ4v) is 4.47. The number of rotatable bonds is 8. The molecule has 1 aliphatic rings.